The summed E-state index contributed by atoms with van der Waals surface area (Å²) in [5.41, 5.74) is 7.89. The van der Waals surface area contributed by atoms with Gasteiger partial charge in [-0.25, -0.2) is 9.59 Å². The smallest absolute Gasteiger partial charge is 0.338 e. The quantitative estimate of drug-likeness (QED) is 0.0723. The zero-order valence-electron chi connectivity index (χ0n) is 29.5. The molecule has 0 amide bonds. The predicted octanol–water partition coefficient (Wildman–Crippen LogP) is 10.9. The van der Waals surface area contributed by atoms with Crippen LogP contribution >= 0.6 is 0 Å². The summed E-state index contributed by atoms with van der Waals surface area (Å²) < 4.78 is 11.6. The maximum atomic E-state index is 12.9. The fourth-order valence-electron chi connectivity index (χ4n) is 6.84. The zero-order valence-corrected chi connectivity index (χ0v) is 29.5. The predicted molar refractivity (Wildman–Crippen MR) is 196 cm³/mol. The van der Waals surface area contributed by atoms with Crippen LogP contribution in [-0.2, 0) is 16.0 Å². The fraction of sp³-hybridized carbons (Fsp3) is 0.442. The molecule has 48 heavy (non-hydrogen) atoms. The molecule has 1 aliphatic rings. The first-order chi connectivity index (χ1) is 23.1. The summed E-state index contributed by atoms with van der Waals surface area (Å²) >= 11 is 0. The summed E-state index contributed by atoms with van der Waals surface area (Å²) in [7, 11) is 0. The summed E-state index contributed by atoms with van der Waals surface area (Å²) in [6, 6.07) is 18.4. The van der Waals surface area contributed by atoms with Gasteiger partial charge in [0, 0.05) is 23.3 Å². The van der Waals surface area contributed by atoms with E-state index in [0.717, 1.165) is 46.6 Å². The number of rotatable bonds is 16. The van der Waals surface area contributed by atoms with Gasteiger partial charge >= 0.3 is 11.9 Å². The fourth-order valence-corrected chi connectivity index (χ4v) is 6.84. The lowest BCUT2D eigenvalue weighted by atomic mass is 9.76. The molecule has 3 aromatic rings. The van der Waals surface area contributed by atoms with Gasteiger partial charge in [0.1, 0.15) is 11.5 Å². The van der Waals surface area contributed by atoms with Gasteiger partial charge in [0.25, 0.3) is 0 Å². The highest BCUT2D eigenvalue weighted by molar-refractivity contribution is 5.91. The third kappa shape index (κ3) is 10.0. The Morgan fingerprint density at radius 2 is 1.52 bits per heavy atom. The molecule has 3 aromatic carbocycles. The molecule has 1 saturated carbocycles. The van der Waals surface area contributed by atoms with Gasteiger partial charge in [0.05, 0.1) is 0 Å². The lowest BCUT2D eigenvalue weighted by Crippen LogP contribution is -2.13. The van der Waals surface area contributed by atoms with Crippen LogP contribution in [0.25, 0.3) is 22.3 Å². The molecule has 5 heteroatoms. The van der Waals surface area contributed by atoms with E-state index >= 15 is 0 Å². The number of carbonyl (C=O) groups is 2. The Bertz CT molecular complexity index is 1590. The van der Waals surface area contributed by atoms with Crippen molar-refractivity contribution in [1.82, 2.24) is 0 Å². The minimum Gasteiger partial charge on any atom is -0.423 e. The molecular weight excluding hydrogens is 596 g/mol. The molecule has 0 aliphatic heterocycles. The molecule has 0 radical (unpaired) electrons. The highest BCUT2D eigenvalue weighted by Gasteiger charge is 2.24. The molecule has 0 aromatic heterocycles. The Morgan fingerprint density at radius 1 is 0.792 bits per heavy atom. The lowest BCUT2D eigenvalue weighted by molar-refractivity contribution is -0.131. The number of carbonyl (C=O) groups excluding carboxylic acids is 2. The summed E-state index contributed by atoms with van der Waals surface area (Å²) in [6.45, 7) is 15.4. The number of esters is 2. The average molecular weight is 651 g/mol. The van der Waals surface area contributed by atoms with E-state index in [-0.39, 0.29) is 6.61 Å². The first kappa shape index (κ1) is 36.9. The highest BCUT2D eigenvalue weighted by Crippen LogP contribution is 2.42. The maximum absolute atomic E-state index is 12.9. The summed E-state index contributed by atoms with van der Waals surface area (Å²) in [6.07, 6.45) is 13.5. The van der Waals surface area contributed by atoms with Crippen LogP contribution in [0.4, 0.5) is 0 Å². The molecule has 0 spiro atoms. The normalized spacial score (nSPS) is 15.9. The van der Waals surface area contributed by atoms with E-state index in [9.17, 15) is 14.7 Å². The number of aliphatic hydroxyl groups excluding tert-OH is 1. The van der Waals surface area contributed by atoms with Gasteiger partial charge in [-0.1, -0.05) is 82.5 Å². The van der Waals surface area contributed by atoms with E-state index in [1.54, 1.807) is 19.9 Å². The number of benzene rings is 3. The van der Waals surface area contributed by atoms with Crippen molar-refractivity contribution in [3.8, 4) is 33.8 Å². The summed E-state index contributed by atoms with van der Waals surface area (Å²) in [4.78, 5) is 25.3. The number of hydrogen-bond acceptors (Lipinski definition) is 5. The molecule has 4 rings (SSSR count). The van der Waals surface area contributed by atoms with Crippen molar-refractivity contribution < 1.29 is 24.2 Å². The third-order valence-electron chi connectivity index (χ3n) is 9.64. The molecule has 0 heterocycles. The average Bonchev–Trinajstić information content (AvgIpc) is 3.07. The SMILES string of the molecule is C=C(C)C(=O)Oc1cccc(-c2cc(-c3ccc(C4CCC(CCCCC)CC4)cc3C)cc(OC(=O)C(=C)C)c2CCCCCO)c1. The zero-order chi connectivity index (χ0) is 34.6. The van der Waals surface area contributed by atoms with Gasteiger partial charge in [0.15, 0.2) is 0 Å². The van der Waals surface area contributed by atoms with E-state index < -0.39 is 11.9 Å². The minimum atomic E-state index is -0.484. The van der Waals surface area contributed by atoms with E-state index in [2.05, 4.69) is 51.3 Å². The molecule has 1 N–H and O–H groups in total. The number of aryl methyl sites for hydroxylation is 1. The second-order valence-corrected chi connectivity index (χ2v) is 13.7. The molecule has 0 bridgehead atoms. The van der Waals surface area contributed by atoms with Gasteiger partial charge in [0.2, 0.25) is 0 Å². The van der Waals surface area contributed by atoms with Crippen molar-refractivity contribution >= 4 is 11.9 Å². The van der Waals surface area contributed by atoms with Crippen LogP contribution in [0.5, 0.6) is 11.5 Å². The van der Waals surface area contributed by atoms with Crippen LogP contribution in [0.3, 0.4) is 0 Å². The molecule has 0 unspecified atom stereocenters. The van der Waals surface area contributed by atoms with E-state index in [1.165, 1.54) is 62.5 Å². The number of aliphatic hydroxyl groups is 1. The largest absolute Gasteiger partial charge is 0.423 e. The molecule has 256 valence electrons. The number of hydrogen-bond donors (Lipinski definition) is 1. The van der Waals surface area contributed by atoms with E-state index in [4.69, 9.17) is 9.47 Å². The van der Waals surface area contributed by atoms with Crippen LogP contribution < -0.4 is 9.47 Å². The second-order valence-electron chi connectivity index (χ2n) is 13.7. The van der Waals surface area contributed by atoms with Crippen LogP contribution in [-0.4, -0.2) is 23.7 Å². The van der Waals surface area contributed by atoms with E-state index in [0.29, 0.717) is 41.4 Å². The Kier molecular flexibility index (Phi) is 13.8. The van der Waals surface area contributed by atoms with Crippen molar-refractivity contribution in [3.63, 3.8) is 0 Å². The molecule has 5 nitrogen and oxygen atoms in total. The Labute approximate surface area is 288 Å². The van der Waals surface area contributed by atoms with Crippen LogP contribution in [0.15, 0.2) is 78.9 Å². The number of unbranched alkanes of at least 4 members (excludes halogenated alkanes) is 4. The molecule has 1 aliphatic carbocycles. The molecule has 0 saturated heterocycles. The monoisotopic (exact) mass is 650 g/mol. The standard InChI is InChI=1S/C43H54O5/c1-7-8-10-14-32-18-20-33(21-19-32)34-22-23-38(31(6)25-34)36-27-40(35-15-13-16-37(26-35)47-42(45)29(2)3)39(17-11-9-12-24-44)41(28-36)48-43(46)30(4)5/h13,15-16,22-23,25-28,32-33,44H,2,4,7-12,14,17-21,24H2,1,3,5-6H3. The Balaban J connectivity index is 1.74. The topological polar surface area (TPSA) is 72.8 Å². The second kappa shape index (κ2) is 18.0. The number of ether oxygens (including phenoxy) is 2. The van der Waals surface area contributed by atoms with Crippen molar-refractivity contribution in [2.24, 2.45) is 5.92 Å². The lowest BCUT2D eigenvalue weighted by Gasteiger charge is -2.29. The van der Waals surface area contributed by atoms with Crippen molar-refractivity contribution in [2.45, 2.75) is 111 Å². The minimum absolute atomic E-state index is 0.134. The van der Waals surface area contributed by atoms with Gasteiger partial charge in [-0.3, -0.25) is 0 Å². The van der Waals surface area contributed by atoms with E-state index in [1.807, 2.05) is 24.3 Å². The van der Waals surface area contributed by atoms with Crippen LogP contribution in [0.1, 0.15) is 114 Å². The van der Waals surface area contributed by atoms with Crippen LogP contribution in [0, 0.1) is 12.8 Å². The Hall–Kier alpha value is -3.96. The molecule has 1 fully saturated rings. The summed E-state index contributed by atoms with van der Waals surface area (Å²) in [5, 5.41) is 9.39. The van der Waals surface area contributed by atoms with Gasteiger partial charge in [-0.05, 0) is 135 Å². The van der Waals surface area contributed by atoms with Gasteiger partial charge in [-0.2, -0.15) is 0 Å². The summed E-state index contributed by atoms with van der Waals surface area (Å²) in [5.74, 6) is 1.41. The first-order valence-corrected chi connectivity index (χ1v) is 17.9. The molecular formula is C43H54O5. The first-order valence-electron chi connectivity index (χ1n) is 17.9. The third-order valence-corrected chi connectivity index (χ3v) is 9.64. The Morgan fingerprint density at radius 3 is 2.19 bits per heavy atom. The molecule has 0 atom stereocenters. The van der Waals surface area contributed by atoms with Gasteiger partial charge in [-0.15, -0.1) is 0 Å². The van der Waals surface area contributed by atoms with Crippen LogP contribution in [0.2, 0.25) is 0 Å². The van der Waals surface area contributed by atoms with Crippen molar-refractivity contribution in [3.05, 3.63) is 95.6 Å². The van der Waals surface area contributed by atoms with Crippen molar-refractivity contribution in [2.75, 3.05) is 6.61 Å². The highest BCUT2D eigenvalue weighted by atomic mass is 16.5. The van der Waals surface area contributed by atoms with Crippen molar-refractivity contribution in [1.29, 1.82) is 0 Å². The van der Waals surface area contributed by atoms with Gasteiger partial charge < -0.3 is 14.6 Å². The maximum Gasteiger partial charge on any atom is 0.338 e.